The first-order valence-corrected chi connectivity index (χ1v) is 7.09. The Morgan fingerprint density at radius 2 is 1.12 bits per heavy atom. The van der Waals surface area contributed by atoms with Gasteiger partial charge in [-0.2, -0.15) is 16.8 Å². The van der Waals surface area contributed by atoms with Crippen LogP contribution in [0.15, 0.2) is 0 Å². The van der Waals surface area contributed by atoms with Gasteiger partial charge in [0.2, 0.25) is 0 Å². The Bertz CT molecular complexity index is 440. The molecular formula is C8H10O6S2. The fraction of sp³-hybridized carbons (Fsp3) is 0.500. The molecule has 0 spiro atoms. The highest BCUT2D eigenvalue weighted by molar-refractivity contribution is 7.87. The van der Waals surface area contributed by atoms with Crippen molar-refractivity contribution >= 4 is 20.2 Å². The third-order valence-electron chi connectivity index (χ3n) is 1.13. The van der Waals surface area contributed by atoms with Crippen LogP contribution in [0.25, 0.3) is 0 Å². The second kappa shape index (κ2) is 6.51. The number of hydrogen-bond acceptors (Lipinski definition) is 6. The van der Waals surface area contributed by atoms with Crippen LogP contribution < -0.4 is 0 Å². The Labute approximate surface area is 95.2 Å². The first-order valence-electron chi connectivity index (χ1n) is 3.94. The Kier molecular flexibility index (Phi) is 6.08. The molecule has 0 aromatic heterocycles. The Hall–Kier alpha value is -1.06. The lowest BCUT2D eigenvalue weighted by Gasteiger charge is -2.03. The van der Waals surface area contributed by atoms with Crippen molar-refractivity contribution in [3.8, 4) is 24.7 Å². The maximum absolute atomic E-state index is 10.9. The topological polar surface area (TPSA) is 86.7 Å². The van der Waals surface area contributed by atoms with Gasteiger partial charge in [-0.1, -0.05) is 11.8 Å². The summed E-state index contributed by atoms with van der Waals surface area (Å²) in [7, 11) is -7.63. The summed E-state index contributed by atoms with van der Waals surface area (Å²) in [6.07, 6.45) is 9.54. The predicted octanol–water partition coefficient (Wildman–Crippen LogP) is -1.05. The van der Waals surface area contributed by atoms with Crippen molar-refractivity contribution in [1.82, 2.24) is 0 Å². The smallest absolute Gasteiger partial charge is 0.267 e. The van der Waals surface area contributed by atoms with E-state index in [-0.39, 0.29) is 0 Å². The fourth-order valence-electron chi connectivity index (χ4n) is 0.609. The number of hydrogen-bond donors (Lipinski definition) is 0. The monoisotopic (exact) mass is 266 g/mol. The summed E-state index contributed by atoms with van der Waals surface area (Å²) in [5.74, 6) is 2.62. The molecule has 0 aliphatic carbocycles. The molecule has 0 radical (unpaired) electrons. The third-order valence-corrected chi connectivity index (χ3v) is 3.22. The molecule has 0 rings (SSSR count). The molecule has 6 nitrogen and oxygen atoms in total. The van der Waals surface area contributed by atoms with E-state index in [1.807, 2.05) is 11.8 Å². The minimum atomic E-state index is -3.81. The molecule has 0 saturated heterocycles. The van der Waals surface area contributed by atoms with Crippen LogP contribution in [0.4, 0.5) is 0 Å². The molecule has 0 aromatic rings. The van der Waals surface area contributed by atoms with Gasteiger partial charge in [-0.05, 0) is 0 Å². The highest BCUT2D eigenvalue weighted by atomic mass is 32.2. The molecule has 0 fully saturated rings. The molecule has 0 atom stereocenters. The van der Waals surface area contributed by atoms with Gasteiger partial charge in [-0.15, -0.1) is 12.8 Å². The molecule has 90 valence electrons. The van der Waals surface area contributed by atoms with Crippen LogP contribution in [0.3, 0.4) is 0 Å². The van der Waals surface area contributed by atoms with Crippen molar-refractivity contribution in [3.63, 3.8) is 0 Å². The molecule has 0 aliphatic rings. The van der Waals surface area contributed by atoms with Gasteiger partial charge in [-0.25, -0.2) is 0 Å². The van der Waals surface area contributed by atoms with Crippen LogP contribution in [0.1, 0.15) is 0 Å². The van der Waals surface area contributed by atoms with E-state index in [1.165, 1.54) is 0 Å². The summed E-state index contributed by atoms with van der Waals surface area (Å²) in [6, 6.07) is 0. The second-order valence-corrected chi connectivity index (χ2v) is 5.74. The highest BCUT2D eigenvalue weighted by Gasteiger charge is 2.12. The van der Waals surface area contributed by atoms with Crippen LogP contribution in [-0.2, 0) is 28.6 Å². The molecule has 0 amide bonds. The molecule has 0 unspecified atom stereocenters. The van der Waals surface area contributed by atoms with Crippen molar-refractivity contribution in [2.24, 2.45) is 0 Å². The highest BCUT2D eigenvalue weighted by Crippen LogP contribution is 1.95. The van der Waals surface area contributed by atoms with Crippen molar-refractivity contribution in [3.05, 3.63) is 0 Å². The van der Waals surface area contributed by atoms with E-state index in [0.29, 0.717) is 0 Å². The lowest BCUT2D eigenvalue weighted by atomic mass is 10.8. The third kappa shape index (κ3) is 7.26. The SMILES string of the molecule is C#CCS(=O)(=O)OCCOS(=O)(=O)CC#C. The average molecular weight is 266 g/mol. The van der Waals surface area contributed by atoms with Gasteiger partial charge in [-0.3, -0.25) is 8.37 Å². The zero-order valence-electron chi connectivity index (χ0n) is 8.25. The molecule has 0 saturated carbocycles. The average Bonchev–Trinajstić information content (AvgIpc) is 2.12. The van der Waals surface area contributed by atoms with E-state index in [9.17, 15) is 16.8 Å². The van der Waals surface area contributed by atoms with E-state index in [4.69, 9.17) is 12.8 Å². The lowest BCUT2D eigenvalue weighted by molar-refractivity contribution is 0.226. The normalized spacial score (nSPS) is 11.6. The van der Waals surface area contributed by atoms with Crippen LogP contribution in [0, 0.1) is 24.7 Å². The van der Waals surface area contributed by atoms with Gasteiger partial charge in [0.25, 0.3) is 20.2 Å². The Morgan fingerprint density at radius 3 is 1.38 bits per heavy atom. The summed E-state index contributed by atoms with van der Waals surface area (Å²) >= 11 is 0. The minimum absolute atomic E-state index is 0.437. The molecule has 0 aromatic carbocycles. The molecule has 0 bridgehead atoms. The molecule has 0 aliphatic heterocycles. The van der Waals surface area contributed by atoms with Gasteiger partial charge in [0.1, 0.15) is 11.5 Å². The van der Waals surface area contributed by atoms with E-state index in [1.54, 1.807) is 0 Å². The summed E-state index contributed by atoms with van der Waals surface area (Å²) < 4.78 is 52.2. The largest absolute Gasteiger partial charge is 0.278 e. The van der Waals surface area contributed by atoms with E-state index >= 15 is 0 Å². The van der Waals surface area contributed by atoms with Crippen molar-refractivity contribution in [2.45, 2.75) is 0 Å². The van der Waals surface area contributed by atoms with E-state index in [0.717, 1.165) is 0 Å². The quantitative estimate of drug-likeness (QED) is 0.332. The van der Waals surface area contributed by atoms with Crippen LogP contribution >= 0.6 is 0 Å². The summed E-state index contributed by atoms with van der Waals surface area (Å²) in [5.41, 5.74) is 0. The standard InChI is InChI=1S/C8H10O6S2/c1-3-7-15(9,10)13-5-6-14-16(11,12)8-4-2/h1-2H,5-8H2. The van der Waals surface area contributed by atoms with Gasteiger partial charge in [0, 0.05) is 0 Å². The lowest BCUT2D eigenvalue weighted by Crippen LogP contribution is -2.17. The second-order valence-electron chi connectivity index (χ2n) is 2.46. The zero-order valence-corrected chi connectivity index (χ0v) is 9.88. The summed E-state index contributed by atoms with van der Waals surface area (Å²) in [5, 5.41) is 0. The summed E-state index contributed by atoms with van der Waals surface area (Å²) in [4.78, 5) is 0. The molecule has 16 heavy (non-hydrogen) atoms. The van der Waals surface area contributed by atoms with Crippen LogP contribution in [0.5, 0.6) is 0 Å². The molecular weight excluding hydrogens is 256 g/mol. The maximum Gasteiger partial charge on any atom is 0.278 e. The fourth-order valence-corrected chi connectivity index (χ4v) is 1.83. The van der Waals surface area contributed by atoms with Gasteiger partial charge in [0.05, 0.1) is 13.2 Å². The van der Waals surface area contributed by atoms with Crippen molar-refractivity contribution in [2.75, 3.05) is 24.7 Å². The van der Waals surface area contributed by atoms with Crippen molar-refractivity contribution < 1.29 is 25.2 Å². The Balaban J connectivity index is 3.96. The van der Waals surface area contributed by atoms with Gasteiger partial charge < -0.3 is 0 Å². The molecule has 0 N–H and O–H groups in total. The van der Waals surface area contributed by atoms with E-state index < -0.39 is 45.0 Å². The Morgan fingerprint density at radius 1 is 0.812 bits per heavy atom. The van der Waals surface area contributed by atoms with Crippen LogP contribution in [-0.4, -0.2) is 41.6 Å². The summed E-state index contributed by atoms with van der Waals surface area (Å²) in [6.45, 7) is -0.873. The van der Waals surface area contributed by atoms with Crippen molar-refractivity contribution in [1.29, 1.82) is 0 Å². The first-order chi connectivity index (χ1) is 7.33. The van der Waals surface area contributed by atoms with Gasteiger partial charge in [0.15, 0.2) is 0 Å². The number of rotatable bonds is 7. The molecule has 0 heterocycles. The first kappa shape index (κ1) is 14.9. The van der Waals surface area contributed by atoms with Crippen LogP contribution in [0.2, 0.25) is 0 Å². The predicted molar refractivity (Wildman–Crippen MR) is 57.1 cm³/mol. The zero-order chi connectivity index (χ0) is 12.7. The van der Waals surface area contributed by atoms with E-state index in [2.05, 4.69) is 8.37 Å². The minimum Gasteiger partial charge on any atom is -0.267 e. The maximum atomic E-state index is 10.9. The number of terminal acetylenes is 2. The molecule has 8 heteroatoms. The van der Waals surface area contributed by atoms with Gasteiger partial charge >= 0.3 is 0 Å².